The van der Waals surface area contributed by atoms with E-state index in [4.69, 9.17) is 9.46 Å². The molecule has 0 fully saturated rings. The number of hydrogen-bond acceptors (Lipinski definition) is 1. The molecule has 1 atom stereocenters. The van der Waals surface area contributed by atoms with Crippen LogP contribution in [-0.2, 0) is 4.57 Å². The van der Waals surface area contributed by atoms with Gasteiger partial charge >= 0.3 is 0 Å². The van der Waals surface area contributed by atoms with Crippen LogP contribution in [0.25, 0.3) is 0 Å². The van der Waals surface area contributed by atoms with Gasteiger partial charge in [0.25, 0.3) is 0 Å². The van der Waals surface area contributed by atoms with Crippen molar-refractivity contribution in [1.82, 2.24) is 0 Å². The largest absolute Gasteiger partial charge is 0.348 e. The molecule has 0 aromatic heterocycles. The third-order valence-electron chi connectivity index (χ3n) is 0. The van der Waals surface area contributed by atoms with Crippen LogP contribution in [0, 0.1) is 0 Å². The van der Waals surface area contributed by atoms with E-state index in [1.165, 1.54) is 0 Å². The minimum Gasteiger partial charge on any atom is -0.348 e. The normalized spacial score (nSPS) is 7.25. The molecule has 0 heterocycles. The van der Waals surface area contributed by atoms with Crippen molar-refractivity contribution in [3.8, 4) is 0 Å². The first-order valence-corrected chi connectivity index (χ1v) is 1.48. The van der Waals surface area contributed by atoms with Gasteiger partial charge in [-0.05, 0) is 0 Å². The van der Waals surface area contributed by atoms with E-state index in [0.29, 0.717) is 0 Å². The Labute approximate surface area is 42.9 Å². The van der Waals surface area contributed by atoms with E-state index in [0.717, 1.165) is 0 Å². The topological polar surface area (TPSA) is 37.3 Å². The Bertz CT molecular complexity index is 13.5. The molecule has 0 bridgehead atoms. The van der Waals surface area contributed by atoms with Crippen LogP contribution in [0.15, 0.2) is 0 Å². The molecule has 0 aromatic rings. The quantitative estimate of drug-likeness (QED) is 0.401. The van der Waals surface area contributed by atoms with Crippen molar-refractivity contribution in [2.24, 2.45) is 0 Å². The van der Waals surface area contributed by atoms with Crippen LogP contribution in [0.3, 0.4) is 0 Å². The van der Waals surface area contributed by atoms with Gasteiger partial charge < -0.3 is 4.89 Å². The molecule has 3 radical (unpaired) electrons. The Morgan fingerprint density at radius 1 is 1.75 bits per heavy atom. The smallest absolute Gasteiger partial charge is 0.177 e. The second-order valence-electron chi connectivity index (χ2n) is 0.105. The molecule has 0 rings (SSSR count). The van der Waals surface area contributed by atoms with Crippen molar-refractivity contribution in [2.45, 2.75) is 0 Å². The van der Waals surface area contributed by atoms with Crippen molar-refractivity contribution in [3.05, 3.63) is 0 Å². The first-order valence-electron chi connectivity index (χ1n) is 0.494. The molecule has 25 valence electrons. The van der Waals surface area contributed by atoms with Gasteiger partial charge in [0.05, 0.1) is 0 Å². The van der Waals surface area contributed by atoms with Crippen LogP contribution in [0.1, 0.15) is 0 Å². The fourth-order valence-corrected chi connectivity index (χ4v) is 0. The zero-order chi connectivity index (χ0) is 2.71. The zero-order valence-electron chi connectivity index (χ0n) is 1.88. The molecule has 0 saturated heterocycles. The summed E-state index contributed by atoms with van der Waals surface area (Å²) in [5.74, 6) is 0. The van der Waals surface area contributed by atoms with E-state index in [-0.39, 0.29) is 24.4 Å². The SMILES string of the molecule is O=[PH2]O.[Sb]. The van der Waals surface area contributed by atoms with E-state index in [1.54, 1.807) is 0 Å². The molecule has 4 heavy (non-hydrogen) atoms. The Hall–Kier alpha value is 1.01. The van der Waals surface area contributed by atoms with E-state index in [2.05, 4.69) is 0 Å². The summed E-state index contributed by atoms with van der Waals surface area (Å²) >= 11 is 0. The van der Waals surface area contributed by atoms with Gasteiger partial charge in [0, 0.05) is 24.4 Å². The predicted octanol–water partition coefficient (Wildman–Crippen LogP) is -0.731. The van der Waals surface area contributed by atoms with Gasteiger partial charge in [0.15, 0.2) is 8.69 Å². The molecule has 0 amide bonds. The first kappa shape index (κ1) is 8.89. The molecule has 0 spiro atoms. The number of rotatable bonds is 0. The van der Waals surface area contributed by atoms with E-state index in [1.807, 2.05) is 0 Å². The minimum atomic E-state index is -1.50. The van der Waals surface area contributed by atoms with E-state index in [9.17, 15) is 0 Å². The fraction of sp³-hybridized carbons (Fsp3) is 0. The van der Waals surface area contributed by atoms with Crippen molar-refractivity contribution in [3.63, 3.8) is 0 Å². The van der Waals surface area contributed by atoms with Crippen LogP contribution in [-0.4, -0.2) is 29.3 Å². The monoisotopic (exact) mass is 187 g/mol. The van der Waals surface area contributed by atoms with Gasteiger partial charge in [-0.15, -0.1) is 0 Å². The molecule has 1 unspecified atom stereocenters. The number of hydrogen-bond donors (Lipinski definition) is 1. The molecule has 0 saturated carbocycles. The maximum atomic E-state index is 8.57. The van der Waals surface area contributed by atoms with Gasteiger partial charge in [0.1, 0.15) is 0 Å². The van der Waals surface area contributed by atoms with Gasteiger partial charge in [0.2, 0.25) is 0 Å². The first-order chi connectivity index (χ1) is 1.41. The van der Waals surface area contributed by atoms with Crippen molar-refractivity contribution >= 4 is 33.1 Å². The second-order valence-corrected chi connectivity index (χ2v) is 0.316. The maximum Gasteiger partial charge on any atom is 0.177 e. The second kappa shape index (κ2) is 8.99. The summed E-state index contributed by atoms with van der Waals surface area (Å²) in [7, 11) is -1.50. The average molecular weight is 188 g/mol. The van der Waals surface area contributed by atoms with E-state index >= 15 is 0 Å². The predicted molar refractivity (Wildman–Crippen MR) is 18.4 cm³/mol. The van der Waals surface area contributed by atoms with Crippen molar-refractivity contribution in [1.29, 1.82) is 0 Å². The molecule has 1 N–H and O–H groups in total. The molecule has 0 aromatic carbocycles. The Balaban J connectivity index is 0. The maximum absolute atomic E-state index is 8.57. The van der Waals surface area contributed by atoms with Crippen LogP contribution < -0.4 is 0 Å². The third kappa shape index (κ3) is 11.9. The van der Waals surface area contributed by atoms with Crippen LogP contribution in [0.4, 0.5) is 0 Å². The summed E-state index contributed by atoms with van der Waals surface area (Å²) in [5, 5.41) is 0. The molecular weight excluding hydrogens is 185 g/mol. The van der Waals surface area contributed by atoms with Gasteiger partial charge in [-0.2, -0.15) is 0 Å². The van der Waals surface area contributed by atoms with Gasteiger partial charge in [-0.25, -0.2) is 0 Å². The van der Waals surface area contributed by atoms with Crippen LogP contribution in [0.2, 0.25) is 0 Å². The molecular formula is H3O2PSb. The third-order valence-corrected chi connectivity index (χ3v) is 0. The Kier molecular flexibility index (Phi) is 20.0. The summed E-state index contributed by atoms with van der Waals surface area (Å²) in [6.45, 7) is 0. The molecule has 4 heteroatoms. The summed E-state index contributed by atoms with van der Waals surface area (Å²) in [6.07, 6.45) is 0. The summed E-state index contributed by atoms with van der Waals surface area (Å²) < 4.78 is 8.57. The summed E-state index contributed by atoms with van der Waals surface area (Å²) in [6, 6.07) is 0. The van der Waals surface area contributed by atoms with Crippen molar-refractivity contribution < 1.29 is 9.46 Å². The fourth-order valence-electron chi connectivity index (χ4n) is 0. The minimum absolute atomic E-state index is 0. The molecule has 0 aliphatic carbocycles. The van der Waals surface area contributed by atoms with Crippen molar-refractivity contribution in [2.75, 3.05) is 0 Å². The zero-order valence-corrected chi connectivity index (χ0v) is 5.59. The molecule has 0 aliphatic rings. The summed E-state index contributed by atoms with van der Waals surface area (Å²) in [4.78, 5) is 7.10. The van der Waals surface area contributed by atoms with Crippen LogP contribution in [0.5, 0.6) is 0 Å². The van der Waals surface area contributed by atoms with Gasteiger partial charge in [-0.3, -0.25) is 4.57 Å². The standard InChI is InChI=1S/H3O2P.Sb/c1-3-2;/h3H2,(H,1,2);. The summed E-state index contributed by atoms with van der Waals surface area (Å²) in [5.41, 5.74) is 0. The Morgan fingerprint density at radius 3 is 1.75 bits per heavy atom. The Morgan fingerprint density at radius 2 is 1.75 bits per heavy atom. The molecule has 2 nitrogen and oxygen atoms in total. The van der Waals surface area contributed by atoms with Gasteiger partial charge in [-0.1, -0.05) is 0 Å². The van der Waals surface area contributed by atoms with E-state index < -0.39 is 8.69 Å². The molecule has 0 aliphatic heterocycles. The van der Waals surface area contributed by atoms with Crippen LogP contribution >= 0.6 is 8.69 Å². The average Bonchev–Trinajstić information content (AvgIpc) is 0.918.